The van der Waals surface area contributed by atoms with E-state index in [9.17, 15) is 9.59 Å². The molecule has 0 bridgehead atoms. The minimum absolute atomic E-state index is 0.400. The van der Waals surface area contributed by atoms with Crippen LogP contribution < -0.4 is 11.2 Å². The average molecular weight is 407 g/mol. The number of aromatic amines is 1. The van der Waals surface area contributed by atoms with Gasteiger partial charge in [-0.25, -0.2) is 14.5 Å². The third kappa shape index (κ3) is 4.03. The lowest BCUT2D eigenvalue weighted by Crippen LogP contribution is -2.31. The lowest BCUT2D eigenvalue weighted by Gasteiger charge is -2.07. The third-order valence-electron chi connectivity index (χ3n) is 4.38. The molecule has 0 spiro atoms. The number of nitrogens with zero attached hydrogens (tertiary/aromatic N) is 7. The number of tetrazole rings is 1. The van der Waals surface area contributed by atoms with Crippen molar-refractivity contribution in [3.8, 4) is 0 Å². The maximum absolute atomic E-state index is 12.5. The predicted molar refractivity (Wildman–Crippen MR) is 107 cm³/mol. The third-order valence-corrected chi connectivity index (χ3v) is 5.34. The van der Waals surface area contributed by atoms with E-state index in [2.05, 4.69) is 46.3 Å². The molecule has 0 saturated heterocycles. The second kappa shape index (κ2) is 8.72. The van der Waals surface area contributed by atoms with Crippen LogP contribution in [0.25, 0.3) is 11.2 Å². The molecule has 0 atom stereocenters. The summed E-state index contributed by atoms with van der Waals surface area (Å²) in [5.74, 6) is 1.65. The quantitative estimate of drug-likeness (QED) is 0.537. The molecule has 1 N–H and O–H groups in total. The van der Waals surface area contributed by atoms with Gasteiger partial charge in [0.15, 0.2) is 11.2 Å². The highest BCUT2D eigenvalue weighted by Gasteiger charge is 2.19. The molecule has 3 heterocycles. The number of nitrogens with one attached hydrogen (secondary N) is 1. The SMILES string of the molecule is CCCCn1c(=O)[nH]c(=O)c2c1nc(CSc1nnnn1CC(C)C)n2CC. The zero-order valence-electron chi connectivity index (χ0n) is 16.7. The van der Waals surface area contributed by atoms with E-state index in [0.29, 0.717) is 41.1 Å². The van der Waals surface area contributed by atoms with E-state index in [1.165, 1.54) is 11.8 Å². The van der Waals surface area contributed by atoms with Gasteiger partial charge in [0.2, 0.25) is 5.16 Å². The molecule has 0 saturated carbocycles. The largest absolute Gasteiger partial charge is 0.330 e. The number of aryl methyl sites for hydroxylation is 2. The molecule has 0 fully saturated rings. The number of aromatic nitrogens is 8. The van der Waals surface area contributed by atoms with E-state index in [0.717, 1.165) is 25.2 Å². The van der Waals surface area contributed by atoms with Crippen LogP contribution in [0.5, 0.6) is 0 Å². The van der Waals surface area contributed by atoms with E-state index >= 15 is 0 Å². The molecule has 28 heavy (non-hydrogen) atoms. The van der Waals surface area contributed by atoms with Crippen molar-refractivity contribution in [3.05, 3.63) is 26.7 Å². The summed E-state index contributed by atoms with van der Waals surface area (Å²) in [5, 5.41) is 12.6. The first kappa shape index (κ1) is 20.3. The Morgan fingerprint density at radius 3 is 2.64 bits per heavy atom. The van der Waals surface area contributed by atoms with Crippen molar-refractivity contribution in [1.82, 2.24) is 39.3 Å². The molecule has 10 nitrogen and oxygen atoms in total. The van der Waals surface area contributed by atoms with Gasteiger partial charge in [-0.05, 0) is 29.7 Å². The molecule has 0 aliphatic carbocycles. The van der Waals surface area contributed by atoms with Crippen LogP contribution in [0.4, 0.5) is 0 Å². The summed E-state index contributed by atoms with van der Waals surface area (Å²) in [6.07, 6.45) is 1.79. The molecule has 0 unspecified atom stereocenters. The van der Waals surface area contributed by atoms with Gasteiger partial charge < -0.3 is 4.57 Å². The molecular formula is C17H26N8O2S. The van der Waals surface area contributed by atoms with E-state index < -0.39 is 11.2 Å². The number of rotatable bonds is 9. The minimum Gasteiger partial charge on any atom is -0.322 e. The zero-order chi connectivity index (χ0) is 20.3. The van der Waals surface area contributed by atoms with Crippen LogP contribution in [0.2, 0.25) is 0 Å². The van der Waals surface area contributed by atoms with Crippen molar-refractivity contribution in [2.24, 2.45) is 5.92 Å². The number of hydrogen-bond donors (Lipinski definition) is 1. The first-order chi connectivity index (χ1) is 13.5. The summed E-state index contributed by atoms with van der Waals surface area (Å²) < 4.78 is 5.20. The van der Waals surface area contributed by atoms with Crippen molar-refractivity contribution < 1.29 is 0 Å². The first-order valence-corrected chi connectivity index (χ1v) is 10.6. The number of hydrogen-bond acceptors (Lipinski definition) is 7. The molecule has 0 aliphatic rings. The van der Waals surface area contributed by atoms with Gasteiger partial charge in [-0.3, -0.25) is 14.3 Å². The fourth-order valence-electron chi connectivity index (χ4n) is 3.08. The number of H-pyrrole nitrogens is 1. The Morgan fingerprint density at radius 2 is 1.96 bits per heavy atom. The smallest absolute Gasteiger partial charge is 0.322 e. The van der Waals surface area contributed by atoms with Crippen molar-refractivity contribution in [3.63, 3.8) is 0 Å². The van der Waals surface area contributed by atoms with Crippen LogP contribution in [0, 0.1) is 5.92 Å². The van der Waals surface area contributed by atoms with Crippen LogP contribution in [-0.4, -0.2) is 39.3 Å². The molecule has 3 aromatic rings. The fourth-order valence-corrected chi connectivity index (χ4v) is 3.91. The van der Waals surface area contributed by atoms with Crippen LogP contribution in [-0.2, 0) is 25.4 Å². The Hall–Kier alpha value is -2.43. The van der Waals surface area contributed by atoms with E-state index in [1.54, 1.807) is 9.25 Å². The molecule has 0 aromatic carbocycles. The number of unbranched alkanes of at least 4 members (excludes halogenated alkanes) is 1. The van der Waals surface area contributed by atoms with Gasteiger partial charge >= 0.3 is 5.69 Å². The van der Waals surface area contributed by atoms with Gasteiger partial charge in [0.25, 0.3) is 5.56 Å². The van der Waals surface area contributed by atoms with Gasteiger partial charge in [0.05, 0.1) is 5.75 Å². The van der Waals surface area contributed by atoms with Gasteiger partial charge in [-0.2, -0.15) is 0 Å². The molecule has 0 radical (unpaired) electrons. The number of fused-ring (bicyclic) bond motifs is 1. The Morgan fingerprint density at radius 1 is 1.18 bits per heavy atom. The normalized spacial score (nSPS) is 11.8. The maximum Gasteiger partial charge on any atom is 0.330 e. The van der Waals surface area contributed by atoms with Crippen LogP contribution in [0.1, 0.15) is 46.4 Å². The molecule has 11 heteroatoms. The maximum atomic E-state index is 12.5. The standard InChI is InChI=1S/C17H26N8O2S/c1-5-7-8-24-14-13(15(26)19-16(24)27)23(6-2)12(18-14)10-28-17-20-21-22-25(17)9-11(3)4/h11H,5-10H2,1-4H3,(H,19,26,27). The number of imidazole rings is 1. The molecule has 0 aliphatic heterocycles. The molecule has 3 aromatic heterocycles. The molecule has 3 rings (SSSR count). The van der Waals surface area contributed by atoms with Crippen LogP contribution in [0.3, 0.4) is 0 Å². The summed E-state index contributed by atoms with van der Waals surface area (Å²) in [4.78, 5) is 31.8. The fraction of sp³-hybridized carbons (Fsp3) is 0.647. The van der Waals surface area contributed by atoms with E-state index in [4.69, 9.17) is 0 Å². The summed E-state index contributed by atoms with van der Waals surface area (Å²) in [5.41, 5.74) is 0.0757. The van der Waals surface area contributed by atoms with Crippen LogP contribution >= 0.6 is 11.8 Å². The highest BCUT2D eigenvalue weighted by Crippen LogP contribution is 2.22. The topological polar surface area (TPSA) is 116 Å². The Bertz CT molecular complexity index is 1060. The van der Waals surface area contributed by atoms with E-state index in [1.807, 2.05) is 11.5 Å². The van der Waals surface area contributed by atoms with Crippen molar-refractivity contribution in [2.45, 2.75) is 71.1 Å². The Labute approximate surface area is 166 Å². The summed E-state index contributed by atoms with van der Waals surface area (Å²) in [7, 11) is 0. The van der Waals surface area contributed by atoms with Gasteiger partial charge in [-0.1, -0.05) is 39.0 Å². The molecule has 0 amide bonds. The van der Waals surface area contributed by atoms with Crippen molar-refractivity contribution in [2.75, 3.05) is 0 Å². The zero-order valence-corrected chi connectivity index (χ0v) is 17.5. The van der Waals surface area contributed by atoms with Crippen molar-refractivity contribution in [1.29, 1.82) is 0 Å². The highest BCUT2D eigenvalue weighted by molar-refractivity contribution is 7.98. The Balaban J connectivity index is 1.98. The molecular weight excluding hydrogens is 380 g/mol. The van der Waals surface area contributed by atoms with E-state index in [-0.39, 0.29) is 0 Å². The summed E-state index contributed by atoms with van der Waals surface area (Å²) >= 11 is 1.47. The van der Waals surface area contributed by atoms with Crippen molar-refractivity contribution >= 4 is 22.9 Å². The summed E-state index contributed by atoms with van der Waals surface area (Å²) in [6.45, 7) is 10.1. The molecule has 152 valence electrons. The summed E-state index contributed by atoms with van der Waals surface area (Å²) in [6, 6.07) is 0. The van der Waals surface area contributed by atoms with Gasteiger partial charge in [-0.15, -0.1) is 5.10 Å². The minimum atomic E-state index is -0.410. The lowest BCUT2D eigenvalue weighted by molar-refractivity contribution is 0.445. The van der Waals surface area contributed by atoms with Gasteiger partial charge in [0.1, 0.15) is 5.82 Å². The average Bonchev–Trinajstić information content (AvgIpc) is 3.23. The highest BCUT2D eigenvalue weighted by atomic mass is 32.2. The second-order valence-corrected chi connectivity index (χ2v) is 7.98. The van der Waals surface area contributed by atoms with Gasteiger partial charge in [0, 0.05) is 19.6 Å². The lowest BCUT2D eigenvalue weighted by atomic mass is 10.2. The monoisotopic (exact) mass is 406 g/mol. The van der Waals surface area contributed by atoms with Crippen LogP contribution in [0.15, 0.2) is 14.7 Å². The Kier molecular flexibility index (Phi) is 6.32. The first-order valence-electron chi connectivity index (χ1n) is 9.57. The number of thioether (sulfide) groups is 1. The second-order valence-electron chi connectivity index (χ2n) is 7.04. The predicted octanol–water partition coefficient (Wildman–Crippen LogP) is 1.64.